The van der Waals surface area contributed by atoms with Crippen LogP contribution in [0.15, 0.2) is 41.3 Å². The van der Waals surface area contributed by atoms with Crippen LogP contribution in [0.25, 0.3) is 0 Å². The van der Waals surface area contributed by atoms with Crippen molar-refractivity contribution in [2.45, 2.75) is 56.3 Å². The average Bonchev–Trinajstić information content (AvgIpc) is 3.11. The third kappa shape index (κ3) is 7.54. The van der Waals surface area contributed by atoms with E-state index in [1.807, 2.05) is 0 Å². The van der Waals surface area contributed by atoms with Gasteiger partial charge in [0.05, 0.1) is 18.9 Å². The summed E-state index contributed by atoms with van der Waals surface area (Å²) in [5, 5.41) is 14.8. The zero-order chi connectivity index (χ0) is 28.8. The van der Waals surface area contributed by atoms with Crippen molar-refractivity contribution in [3.63, 3.8) is 0 Å². The number of carbonyl (C=O) groups excluding carboxylic acids is 1. The molecule has 1 saturated heterocycles. The quantitative estimate of drug-likeness (QED) is 0.179. The van der Waals surface area contributed by atoms with E-state index in [2.05, 4.69) is 21.9 Å². The fourth-order valence-corrected chi connectivity index (χ4v) is 5.06. The van der Waals surface area contributed by atoms with Gasteiger partial charge in [0.15, 0.2) is 17.2 Å². The van der Waals surface area contributed by atoms with E-state index >= 15 is 0 Å². The Morgan fingerprint density at radius 3 is 2.67 bits per heavy atom. The van der Waals surface area contributed by atoms with E-state index in [4.69, 9.17) is 40.4 Å². The first-order chi connectivity index (χ1) is 18.4. The monoisotopic (exact) mass is 588 g/mol. The number of nitrogen functional groups attached to an aromatic ring is 1. The van der Waals surface area contributed by atoms with Crippen molar-refractivity contribution in [1.82, 2.24) is 14.8 Å². The van der Waals surface area contributed by atoms with Crippen molar-refractivity contribution in [2.75, 3.05) is 19.0 Å². The number of halogens is 2. The minimum atomic E-state index is -4.59. The van der Waals surface area contributed by atoms with Crippen molar-refractivity contribution in [2.24, 2.45) is 0 Å². The lowest BCUT2D eigenvalue weighted by Crippen LogP contribution is -2.44. The van der Waals surface area contributed by atoms with E-state index < -0.39 is 68.3 Å². The lowest BCUT2D eigenvalue weighted by Gasteiger charge is -2.25. The summed E-state index contributed by atoms with van der Waals surface area (Å²) in [6.45, 7) is 2.72. The number of aliphatic hydroxyl groups excluding tert-OH is 1. The number of rotatable bonds is 10. The van der Waals surface area contributed by atoms with Gasteiger partial charge in [-0.25, -0.2) is 18.5 Å². The molecule has 0 bridgehead atoms. The largest absolute Gasteiger partial charge is 0.530 e. The number of carbonyl (C=O) groups is 1. The molecule has 3 N–H and O–H groups in total. The predicted molar refractivity (Wildman–Crippen MR) is 135 cm³/mol. The fourth-order valence-electron chi connectivity index (χ4n) is 3.37. The Balaban J connectivity index is 1.88. The number of ether oxygens (including phenoxy) is 2. The number of aliphatic hydroxyl groups is 1. The second-order valence-electron chi connectivity index (χ2n) is 8.46. The van der Waals surface area contributed by atoms with Crippen LogP contribution in [0.5, 0.6) is 5.75 Å². The molecule has 1 aliphatic rings. The minimum absolute atomic E-state index is 0.0835. The summed E-state index contributed by atoms with van der Waals surface area (Å²) >= 11 is 6.54. The molecular formula is C23H27ClFN4O9P. The van der Waals surface area contributed by atoms with Crippen LogP contribution in [0.3, 0.4) is 0 Å². The van der Waals surface area contributed by atoms with Crippen LogP contribution in [-0.4, -0.2) is 68.4 Å². The lowest BCUT2D eigenvalue weighted by molar-refractivity contribution is -0.156. The third-order valence-electron chi connectivity index (χ3n) is 5.08. The van der Waals surface area contributed by atoms with Crippen LogP contribution < -0.4 is 15.9 Å². The molecule has 0 aliphatic carbocycles. The molecular weight excluding hydrogens is 562 g/mol. The average molecular weight is 589 g/mol. The van der Waals surface area contributed by atoms with Gasteiger partial charge in [0.2, 0.25) is 0 Å². The van der Waals surface area contributed by atoms with Gasteiger partial charge in [-0.1, -0.05) is 41.6 Å². The van der Waals surface area contributed by atoms with E-state index in [0.29, 0.717) is 4.68 Å². The Morgan fingerprint density at radius 2 is 2.05 bits per heavy atom. The smallest absolute Gasteiger partial charge is 0.461 e. The number of phosphoric acid groups is 1. The highest BCUT2D eigenvalue weighted by Gasteiger charge is 2.57. The number of anilines is 1. The first kappa shape index (κ1) is 30.5. The summed E-state index contributed by atoms with van der Waals surface area (Å²) in [5.41, 5.74) is 4.49. The molecule has 16 heteroatoms. The molecule has 1 aromatic heterocycles. The van der Waals surface area contributed by atoms with Gasteiger partial charge in [0, 0.05) is 0 Å². The summed E-state index contributed by atoms with van der Waals surface area (Å²) in [7, 11) is -4.59. The van der Waals surface area contributed by atoms with Crippen LogP contribution >= 0.6 is 19.4 Å². The summed E-state index contributed by atoms with van der Waals surface area (Å²) in [4.78, 5) is 26.1. The standard InChI is InChI=1S/C23H27ClFN4O9P/c1-14(2)35-20(31)15(3)37-39(33,38-16-8-5-4-6-9-16)34-13-17-19(30)23(24,10-7-11-25)21(36-17)29-22(32)28-18(26)12-27-29/h4-6,8-9,12,14-15,17,19,21,30H,11,13H2,1-3H3,(H2,26,28,32)/t15-,17+,19?,21+,23+,39?/m0/s1. The van der Waals surface area contributed by atoms with Crippen LogP contribution in [0, 0.1) is 11.8 Å². The van der Waals surface area contributed by atoms with Crippen molar-refractivity contribution in [3.8, 4) is 17.6 Å². The molecule has 6 atom stereocenters. The molecule has 1 aromatic carbocycles. The Morgan fingerprint density at radius 1 is 1.36 bits per heavy atom. The Bertz CT molecular complexity index is 1320. The number of alkyl halides is 2. The number of benzene rings is 1. The van der Waals surface area contributed by atoms with Crippen molar-refractivity contribution >= 4 is 31.2 Å². The van der Waals surface area contributed by atoms with Gasteiger partial charge < -0.3 is 24.8 Å². The number of nitrogens with zero attached hydrogens (tertiary/aromatic N) is 3. The van der Waals surface area contributed by atoms with Gasteiger partial charge in [-0.3, -0.25) is 9.05 Å². The molecule has 0 amide bonds. The molecule has 212 valence electrons. The summed E-state index contributed by atoms with van der Waals surface area (Å²) in [6, 6.07) is 7.82. The van der Waals surface area contributed by atoms with Gasteiger partial charge in [-0.15, -0.1) is 0 Å². The van der Waals surface area contributed by atoms with E-state index in [1.165, 1.54) is 19.1 Å². The van der Waals surface area contributed by atoms with Crippen LogP contribution in [0.2, 0.25) is 0 Å². The topological polar surface area (TPSA) is 174 Å². The summed E-state index contributed by atoms with van der Waals surface area (Å²) in [6.07, 6.45) is -5.55. The molecule has 3 rings (SSSR count). The van der Waals surface area contributed by atoms with Crippen LogP contribution in [-0.2, 0) is 27.9 Å². The molecule has 0 radical (unpaired) electrons. The molecule has 0 saturated carbocycles. The molecule has 2 unspecified atom stereocenters. The molecule has 2 heterocycles. The number of para-hydroxylation sites is 1. The lowest BCUT2D eigenvalue weighted by atomic mass is 9.99. The Labute approximate surface area is 227 Å². The molecule has 0 spiro atoms. The number of phosphoric ester groups is 1. The van der Waals surface area contributed by atoms with Gasteiger partial charge in [-0.2, -0.15) is 14.8 Å². The highest BCUT2D eigenvalue weighted by atomic mass is 35.5. The van der Waals surface area contributed by atoms with Crippen LogP contribution in [0.1, 0.15) is 27.0 Å². The van der Waals surface area contributed by atoms with E-state index in [9.17, 15) is 23.7 Å². The van der Waals surface area contributed by atoms with Gasteiger partial charge in [0.1, 0.15) is 30.4 Å². The molecule has 1 fully saturated rings. The number of hydrogen-bond donors (Lipinski definition) is 2. The van der Waals surface area contributed by atoms with E-state index in [0.717, 1.165) is 6.20 Å². The van der Waals surface area contributed by atoms with Crippen LogP contribution in [0.4, 0.5) is 10.2 Å². The maximum absolute atomic E-state index is 13.6. The number of esters is 1. The second-order valence-corrected chi connectivity index (χ2v) is 10.6. The molecule has 39 heavy (non-hydrogen) atoms. The number of nitrogens with two attached hydrogens (primary N) is 1. The van der Waals surface area contributed by atoms with Gasteiger partial charge in [0.25, 0.3) is 0 Å². The first-order valence-corrected chi connectivity index (χ1v) is 13.4. The zero-order valence-corrected chi connectivity index (χ0v) is 22.8. The van der Waals surface area contributed by atoms with E-state index in [1.54, 1.807) is 32.0 Å². The van der Waals surface area contributed by atoms with Crippen molar-refractivity contribution in [1.29, 1.82) is 0 Å². The third-order valence-corrected chi connectivity index (χ3v) is 7.06. The fraction of sp³-hybridized carbons (Fsp3) is 0.478. The number of aromatic nitrogens is 3. The normalized spacial score (nSPS) is 24.8. The molecule has 1 aliphatic heterocycles. The Hall–Kier alpha value is -3.05. The SMILES string of the molecule is CC(C)OC(=O)[C@H](C)OP(=O)(OC[C@H]1O[C@@H](n2ncc(N)nc2=O)[C@@](Cl)(C#CCF)C1O)Oc1ccccc1. The second kappa shape index (κ2) is 12.9. The molecule has 2 aromatic rings. The van der Waals surface area contributed by atoms with E-state index in [-0.39, 0.29) is 11.6 Å². The first-order valence-electron chi connectivity index (χ1n) is 11.6. The summed E-state index contributed by atoms with van der Waals surface area (Å²) in [5.74, 6) is 3.50. The van der Waals surface area contributed by atoms with Gasteiger partial charge in [-0.05, 0) is 32.9 Å². The molecule has 13 nitrogen and oxygen atoms in total. The Kier molecular flexibility index (Phi) is 10.1. The summed E-state index contributed by atoms with van der Waals surface area (Å²) < 4.78 is 54.2. The number of hydrogen-bond acceptors (Lipinski definition) is 12. The zero-order valence-electron chi connectivity index (χ0n) is 21.1. The maximum Gasteiger partial charge on any atom is 0.530 e. The minimum Gasteiger partial charge on any atom is -0.461 e. The highest BCUT2D eigenvalue weighted by molar-refractivity contribution is 7.49. The van der Waals surface area contributed by atoms with Gasteiger partial charge >= 0.3 is 19.5 Å². The highest BCUT2D eigenvalue weighted by Crippen LogP contribution is 2.52. The predicted octanol–water partition coefficient (Wildman–Crippen LogP) is 1.99. The maximum atomic E-state index is 13.6. The van der Waals surface area contributed by atoms with Crippen molar-refractivity contribution < 1.29 is 41.9 Å². The van der Waals surface area contributed by atoms with Crippen molar-refractivity contribution in [3.05, 3.63) is 47.0 Å².